The third-order valence-corrected chi connectivity index (χ3v) is 8.33. The lowest BCUT2D eigenvalue weighted by Gasteiger charge is -2.54. The molecule has 2 aromatic carbocycles. The van der Waals surface area contributed by atoms with E-state index in [2.05, 4.69) is 15.4 Å². The van der Waals surface area contributed by atoms with Crippen LogP contribution in [0.3, 0.4) is 0 Å². The average molecular weight is 546 g/mol. The summed E-state index contributed by atoms with van der Waals surface area (Å²) in [5.41, 5.74) is 9.15. The van der Waals surface area contributed by atoms with Gasteiger partial charge < -0.3 is 10.5 Å². The van der Waals surface area contributed by atoms with Crippen molar-refractivity contribution in [2.75, 3.05) is 5.75 Å². The van der Waals surface area contributed by atoms with E-state index in [0.29, 0.717) is 17.0 Å². The number of nitrogens with zero attached hydrogens (tertiary/aromatic N) is 3. The molecule has 0 aliphatic carbocycles. The second-order valence-corrected chi connectivity index (χ2v) is 10.4. The van der Waals surface area contributed by atoms with Gasteiger partial charge in [-0.3, -0.25) is 14.8 Å². The highest BCUT2D eigenvalue weighted by atomic mass is 35.5. The summed E-state index contributed by atoms with van der Waals surface area (Å²) in [6.07, 6.45) is 0.921. The number of amides is 1. The van der Waals surface area contributed by atoms with Crippen LogP contribution in [-0.2, 0) is 14.3 Å². The Hall–Kier alpha value is -2.70. The number of halogens is 1. The van der Waals surface area contributed by atoms with Gasteiger partial charge in [0.2, 0.25) is 0 Å². The maximum Gasteiger partial charge on any atom is 0.356 e. The van der Waals surface area contributed by atoms with E-state index in [1.807, 2.05) is 60.7 Å². The number of nitrogens with one attached hydrogen (secondary N) is 1. The number of thiocarbonyl (C=S) groups is 1. The summed E-state index contributed by atoms with van der Waals surface area (Å²) in [5, 5.41) is 10.0. The highest BCUT2D eigenvalue weighted by Gasteiger charge is 2.63. The Kier molecular flexibility index (Phi) is 7.62. The normalized spacial score (nSPS) is 21.1. The Morgan fingerprint density at radius 3 is 2.40 bits per heavy atom. The number of esters is 1. The first kappa shape index (κ1) is 25.4. The SMILES string of the molecule is Cl.N[C@]1(SC=S)C(=O)N2C(C(=O)OC(c3ccccc3)c3ccccc3)=C(c3c[nH]nn3)CS[C@H]21. The number of thioether (sulfide) groups is 2. The van der Waals surface area contributed by atoms with Gasteiger partial charge in [-0.1, -0.05) is 89.9 Å². The topological polar surface area (TPSA) is 114 Å². The highest BCUT2D eigenvalue weighted by molar-refractivity contribution is 8.22. The van der Waals surface area contributed by atoms with Crippen molar-refractivity contribution in [3.05, 3.63) is 89.4 Å². The van der Waals surface area contributed by atoms with Crippen molar-refractivity contribution in [3.8, 4) is 0 Å². The number of hydrogen-bond donors (Lipinski definition) is 2. The van der Waals surface area contributed by atoms with E-state index in [1.165, 1.54) is 21.4 Å². The first-order valence-corrected chi connectivity index (χ1v) is 12.7. The minimum atomic E-state index is -1.23. The first-order valence-electron chi connectivity index (χ1n) is 10.3. The number of fused-ring (bicyclic) bond motifs is 1. The van der Waals surface area contributed by atoms with Gasteiger partial charge in [-0.15, -0.1) is 29.3 Å². The van der Waals surface area contributed by atoms with E-state index in [1.54, 1.807) is 6.20 Å². The van der Waals surface area contributed by atoms with Gasteiger partial charge in [0.15, 0.2) is 11.0 Å². The summed E-state index contributed by atoms with van der Waals surface area (Å²) < 4.78 is 7.47. The third-order valence-electron chi connectivity index (χ3n) is 5.66. The van der Waals surface area contributed by atoms with E-state index in [9.17, 15) is 9.59 Å². The van der Waals surface area contributed by atoms with Crippen molar-refractivity contribution in [1.29, 1.82) is 0 Å². The Labute approximate surface area is 221 Å². The number of aromatic nitrogens is 3. The van der Waals surface area contributed by atoms with Gasteiger partial charge in [-0.25, -0.2) is 4.79 Å². The quantitative estimate of drug-likeness (QED) is 0.199. The van der Waals surface area contributed by atoms with Crippen LogP contribution in [0.5, 0.6) is 0 Å². The molecule has 3 aromatic rings. The smallest absolute Gasteiger partial charge is 0.356 e. The number of H-pyrrole nitrogens is 1. The number of benzene rings is 2. The van der Waals surface area contributed by atoms with Crippen molar-refractivity contribution in [2.45, 2.75) is 16.3 Å². The van der Waals surface area contributed by atoms with Crippen LogP contribution < -0.4 is 5.73 Å². The van der Waals surface area contributed by atoms with Gasteiger partial charge >= 0.3 is 5.97 Å². The number of ether oxygens (including phenoxy) is 1. The van der Waals surface area contributed by atoms with E-state index in [0.717, 1.165) is 22.9 Å². The van der Waals surface area contributed by atoms with Gasteiger partial charge in [-0.05, 0) is 11.1 Å². The fraction of sp³-hybridized carbons (Fsp3) is 0.174. The fourth-order valence-electron chi connectivity index (χ4n) is 4.02. The predicted molar refractivity (Wildman–Crippen MR) is 143 cm³/mol. The third kappa shape index (κ3) is 4.50. The second-order valence-electron chi connectivity index (χ2n) is 7.64. The number of aromatic amines is 1. The lowest BCUT2D eigenvalue weighted by atomic mass is 10.00. The van der Waals surface area contributed by atoms with Crippen molar-refractivity contribution in [1.82, 2.24) is 20.3 Å². The monoisotopic (exact) mass is 545 g/mol. The molecule has 0 bridgehead atoms. The largest absolute Gasteiger partial charge is 0.448 e. The zero-order valence-electron chi connectivity index (χ0n) is 18.1. The maximum atomic E-state index is 13.7. The van der Waals surface area contributed by atoms with Gasteiger partial charge in [-0.2, -0.15) is 0 Å². The summed E-state index contributed by atoms with van der Waals surface area (Å²) in [4.78, 5) is 27.1. The van der Waals surface area contributed by atoms with Crippen molar-refractivity contribution in [2.24, 2.45) is 5.73 Å². The molecule has 1 saturated heterocycles. The Morgan fingerprint density at radius 1 is 1.23 bits per heavy atom. The van der Waals surface area contributed by atoms with Crippen LogP contribution in [0.25, 0.3) is 5.57 Å². The zero-order chi connectivity index (χ0) is 23.7. The van der Waals surface area contributed by atoms with Gasteiger partial charge in [0.1, 0.15) is 16.8 Å². The molecule has 2 aliphatic heterocycles. The van der Waals surface area contributed by atoms with Crippen molar-refractivity contribution in [3.63, 3.8) is 0 Å². The first-order chi connectivity index (χ1) is 16.5. The van der Waals surface area contributed by atoms with Crippen LogP contribution in [-0.4, -0.2) is 52.9 Å². The molecule has 3 N–H and O–H groups in total. The van der Waals surface area contributed by atoms with Crippen LogP contribution in [0.15, 0.2) is 72.6 Å². The van der Waals surface area contributed by atoms with E-state index < -0.39 is 28.2 Å². The molecule has 0 radical (unpaired) electrons. The molecule has 1 fully saturated rings. The number of rotatable bonds is 7. The molecule has 12 heteroatoms. The summed E-state index contributed by atoms with van der Waals surface area (Å²) in [7, 11) is 0. The average Bonchev–Trinajstić information content (AvgIpc) is 3.42. The Balaban J connectivity index is 0.00000289. The van der Waals surface area contributed by atoms with Crippen LogP contribution in [0.4, 0.5) is 0 Å². The molecule has 35 heavy (non-hydrogen) atoms. The summed E-state index contributed by atoms with van der Waals surface area (Å²) in [5.74, 6) is -0.632. The minimum Gasteiger partial charge on any atom is -0.448 e. The lowest BCUT2D eigenvalue weighted by Crippen LogP contribution is -2.76. The minimum absolute atomic E-state index is 0. The molecule has 180 valence electrons. The van der Waals surface area contributed by atoms with Gasteiger partial charge in [0.25, 0.3) is 5.91 Å². The summed E-state index contributed by atoms with van der Waals surface area (Å²) in [6.45, 7) is 0. The summed E-state index contributed by atoms with van der Waals surface area (Å²) >= 11 is 7.46. The number of carbonyl (C=O) groups excluding carboxylic acids is 2. The zero-order valence-corrected chi connectivity index (χ0v) is 21.3. The second kappa shape index (κ2) is 10.5. The summed E-state index contributed by atoms with van der Waals surface area (Å²) in [6, 6.07) is 18.9. The molecule has 1 aromatic heterocycles. The van der Waals surface area contributed by atoms with Crippen LogP contribution in [0.2, 0.25) is 0 Å². The van der Waals surface area contributed by atoms with Crippen molar-refractivity contribution < 1.29 is 14.3 Å². The standard InChI is InChI=1S/C23H19N5O3S3.ClH/c24-23(34-13-32)21(30)28-18(16(12-33-22(23)28)17-11-25-27-26-17)20(29)31-19(14-7-3-1-4-8-14)15-9-5-2-6-10-15;/h1-11,13,19,22H,12,24H2,(H,25,26,27);1H/t22-,23-;/m0./s1. The van der Waals surface area contributed by atoms with E-state index >= 15 is 0 Å². The van der Waals surface area contributed by atoms with E-state index in [4.69, 9.17) is 22.7 Å². The molecule has 0 saturated carbocycles. The molecule has 0 spiro atoms. The molecular weight excluding hydrogens is 526 g/mol. The molecule has 3 heterocycles. The Bertz CT molecular complexity index is 1220. The molecule has 8 nitrogen and oxygen atoms in total. The number of β-lactam (4-membered cyclic amide) rings is 1. The maximum absolute atomic E-state index is 13.7. The fourth-order valence-corrected chi connectivity index (χ4v) is 6.76. The highest BCUT2D eigenvalue weighted by Crippen LogP contribution is 2.51. The molecular formula is C23H20ClN5O3S3. The molecule has 2 atom stereocenters. The molecule has 5 rings (SSSR count). The van der Waals surface area contributed by atoms with Crippen molar-refractivity contribution >= 4 is 70.3 Å². The van der Waals surface area contributed by atoms with Crippen LogP contribution in [0, 0.1) is 0 Å². The molecule has 1 amide bonds. The Morgan fingerprint density at radius 2 is 1.86 bits per heavy atom. The number of nitrogens with two attached hydrogens (primary N) is 1. The lowest BCUT2D eigenvalue weighted by molar-refractivity contribution is -0.153. The van der Waals surface area contributed by atoms with Crippen LogP contribution in [0.1, 0.15) is 22.9 Å². The van der Waals surface area contributed by atoms with Crippen LogP contribution >= 0.6 is 48.1 Å². The van der Waals surface area contributed by atoms with E-state index in [-0.39, 0.29) is 18.1 Å². The number of carbonyl (C=O) groups is 2. The molecule has 0 unspecified atom stereocenters. The number of hydrogen-bond acceptors (Lipinski definition) is 9. The predicted octanol–water partition coefficient (Wildman–Crippen LogP) is 3.53. The van der Waals surface area contributed by atoms with Gasteiger partial charge in [0, 0.05) is 22.2 Å². The van der Waals surface area contributed by atoms with Gasteiger partial charge in [0.05, 0.1) is 0 Å². The molecule has 2 aliphatic rings.